The molecule has 2 rings (SSSR count). The summed E-state index contributed by atoms with van der Waals surface area (Å²) >= 11 is 0. The number of nitrogens with one attached hydrogen (secondary N) is 1. The van der Waals surface area contributed by atoms with Gasteiger partial charge in [-0.2, -0.15) is 0 Å². The lowest BCUT2D eigenvalue weighted by Crippen LogP contribution is -2.49. The highest BCUT2D eigenvalue weighted by Gasteiger charge is 2.45. The Labute approximate surface area is 116 Å². The van der Waals surface area contributed by atoms with Crippen LogP contribution >= 0.6 is 12.4 Å². The molecule has 0 amide bonds. The lowest BCUT2D eigenvalue weighted by molar-refractivity contribution is -0.160. The lowest BCUT2D eigenvalue weighted by Gasteiger charge is -2.40. The minimum absolute atomic E-state index is 0. The van der Waals surface area contributed by atoms with Crippen LogP contribution in [0.3, 0.4) is 0 Å². The molecule has 3 nitrogen and oxygen atoms in total. The molecular formula is C14H26ClNO2. The second-order valence-corrected chi connectivity index (χ2v) is 5.57. The Kier molecular flexibility index (Phi) is 6.44. The van der Waals surface area contributed by atoms with Crippen molar-refractivity contribution in [1.29, 1.82) is 0 Å². The first-order valence-electron chi connectivity index (χ1n) is 7.17. The van der Waals surface area contributed by atoms with E-state index in [0.29, 0.717) is 12.6 Å². The summed E-state index contributed by atoms with van der Waals surface area (Å²) < 4.78 is 5.21. The van der Waals surface area contributed by atoms with Crippen LogP contribution in [0.4, 0.5) is 0 Å². The maximum absolute atomic E-state index is 12.0. The summed E-state index contributed by atoms with van der Waals surface area (Å²) in [6.07, 6.45) is 9.79. The molecule has 0 radical (unpaired) electrons. The highest BCUT2D eigenvalue weighted by molar-refractivity contribution is 5.85. The van der Waals surface area contributed by atoms with E-state index in [9.17, 15) is 4.79 Å². The van der Waals surface area contributed by atoms with E-state index < -0.39 is 0 Å². The Morgan fingerprint density at radius 3 is 2.39 bits per heavy atom. The Balaban J connectivity index is 0.00000162. The molecule has 0 spiro atoms. The fourth-order valence-electron chi connectivity index (χ4n) is 2.99. The first-order chi connectivity index (χ1) is 8.27. The van der Waals surface area contributed by atoms with Gasteiger partial charge in [0.15, 0.2) is 0 Å². The van der Waals surface area contributed by atoms with Crippen LogP contribution < -0.4 is 5.32 Å². The second-order valence-electron chi connectivity index (χ2n) is 5.57. The zero-order chi connectivity index (χ0) is 12.1. The van der Waals surface area contributed by atoms with Gasteiger partial charge in [0.1, 0.15) is 0 Å². The highest BCUT2D eigenvalue weighted by atomic mass is 35.5. The standard InChI is InChI=1S/C14H25NO2.ClH/c1-2-17-13(16)14(9-6-10-14)11-15-12-7-4-3-5-8-12;/h12,15H,2-11H2,1H3;1H. The molecule has 1 N–H and O–H groups in total. The molecule has 0 aromatic rings. The molecule has 4 heteroatoms. The molecular weight excluding hydrogens is 250 g/mol. The molecule has 18 heavy (non-hydrogen) atoms. The molecule has 0 aromatic heterocycles. The van der Waals surface area contributed by atoms with Gasteiger partial charge in [-0.15, -0.1) is 12.4 Å². The van der Waals surface area contributed by atoms with Gasteiger partial charge >= 0.3 is 5.97 Å². The van der Waals surface area contributed by atoms with Crippen LogP contribution in [0.5, 0.6) is 0 Å². The maximum Gasteiger partial charge on any atom is 0.313 e. The van der Waals surface area contributed by atoms with Crippen LogP contribution in [0.25, 0.3) is 0 Å². The van der Waals surface area contributed by atoms with Crippen LogP contribution in [-0.2, 0) is 9.53 Å². The van der Waals surface area contributed by atoms with E-state index in [1.807, 2.05) is 6.92 Å². The van der Waals surface area contributed by atoms with Crippen molar-refractivity contribution in [3.8, 4) is 0 Å². The number of carbonyl (C=O) groups excluding carboxylic acids is 1. The summed E-state index contributed by atoms with van der Waals surface area (Å²) in [4.78, 5) is 12.0. The van der Waals surface area contributed by atoms with Gasteiger partial charge in [-0.1, -0.05) is 25.7 Å². The van der Waals surface area contributed by atoms with E-state index in [4.69, 9.17) is 4.74 Å². The molecule has 0 saturated heterocycles. The predicted molar refractivity (Wildman–Crippen MR) is 75.0 cm³/mol. The molecule has 0 aliphatic heterocycles. The number of rotatable bonds is 5. The Morgan fingerprint density at radius 1 is 1.22 bits per heavy atom. The average molecular weight is 276 g/mol. The molecule has 0 heterocycles. The van der Waals surface area contributed by atoms with Gasteiger partial charge < -0.3 is 10.1 Å². The fourth-order valence-corrected chi connectivity index (χ4v) is 2.99. The van der Waals surface area contributed by atoms with Gasteiger partial charge in [0.05, 0.1) is 12.0 Å². The van der Waals surface area contributed by atoms with Gasteiger partial charge in [-0.05, 0) is 32.6 Å². The Hall–Kier alpha value is -0.280. The Morgan fingerprint density at radius 2 is 1.89 bits per heavy atom. The smallest absolute Gasteiger partial charge is 0.313 e. The molecule has 2 fully saturated rings. The monoisotopic (exact) mass is 275 g/mol. The zero-order valence-electron chi connectivity index (χ0n) is 11.4. The van der Waals surface area contributed by atoms with E-state index in [2.05, 4.69) is 5.32 Å². The summed E-state index contributed by atoms with van der Waals surface area (Å²) in [6, 6.07) is 0.635. The van der Waals surface area contributed by atoms with E-state index in [1.165, 1.54) is 38.5 Å². The quantitative estimate of drug-likeness (QED) is 0.784. The van der Waals surface area contributed by atoms with Crippen LogP contribution in [0, 0.1) is 5.41 Å². The third kappa shape index (κ3) is 3.61. The van der Waals surface area contributed by atoms with Crippen molar-refractivity contribution < 1.29 is 9.53 Å². The molecule has 0 atom stereocenters. The predicted octanol–water partition coefficient (Wildman–Crippen LogP) is 3.06. The topological polar surface area (TPSA) is 38.3 Å². The average Bonchev–Trinajstić information content (AvgIpc) is 2.29. The number of ether oxygens (including phenoxy) is 1. The molecule has 0 aromatic carbocycles. The molecule has 2 saturated carbocycles. The van der Waals surface area contributed by atoms with Gasteiger partial charge in [-0.25, -0.2) is 0 Å². The van der Waals surface area contributed by atoms with Gasteiger partial charge in [0, 0.05) is 12.6 Å². The first-order valence-corrected chi connectivity index (χ1v) is 7.17. The third-order valence-corrected chi connectivity index (χ3v) is 4.35. The first kappa shape index (κ1) is 15.8. The minimum atomic E-state index is -0.187. The SMILES string of the molecule is CCOC(=O)C1(CNC2CCCCC2)CCC1.Cl. The van der Waals surface area contributed by atoms with E-state index >= 15 is 0 Å². The molecule has 0 bridgehead atoms. The third-order valence-electron chi connectivity index (χ3n) is 4.35. The van der Waals surface area contributed by atoms with Crippen LogP contribution in [-0.4, -0.2) is 25.2 Å². The summed E-state index contributed by atoms with van der Waals surface area (Å²) in [5.41, 5.74) is -0.187. The molecule has 2 aliphatic carbocycles. The van der Waals surface area contributed by atoms with E-state index in [0.717, 1.165) is 19.4 Å². The number of halogens is 1. The number of carbonyl (C=O) groups is 1. The largest absolute Gasteiger partial charge is 0.466 e. The molecule has 106 valence electrons. The minimum Gasteiger partial charge on any atom is -0.466 e. The van der Waals surface area contributed by atoms with Crippen LogP contribution in [0.15, 0.2) is 0 Å². The summed E-state index contributed by atoms with van der Waals surface area (Å²) in [6.45, 7) is 3.22. The van der Waals surface area contributed by atoms with Gasteiger partial charge in [0.25, 0.3) is 0 Å². The fraction of sp³-hybridized carbons (Fsp3) is 0.929. The van der Waals surface area contributed by atoms with Gasteiger partial charge in [0.2, 0.25) is 0 Å². The number of esters is 1. The van der Waals surface area contributed by atoms with Crippen molar-refractivity contribution in [1.82, 2.24) is 5.32 Å². The van der Waals surface area contributed by atoms with Crippen LogP contribution in [0.1, 0.15) is 58.3 Å². The van der Waals surface area contributed by atoms with Crippen molar-refractivity contribution in [2.24, 2.45) is 5.41 Å². The van der Waals surface area contributed by atoms with E-state index in [-0.39, 0.29) is 23.8 Å². The zero-order valence-corrected chi connectivity index (χ0v) is 12.2. The van der Waals surface area contributed by atoms with Crippen molar-refractivity contribution in [3.05, 3.63) is 0 Å². The Bertz CT molecular complexity index is 261. The van der Waals surface area contributed by atoms with E-state index in [1.54, 1.807) is 0 Å². The van der Waals surface area contributed by atoms with Crippen molar-refractivity contribution in [3.63, 3.8) is 0 Å². The van der Waals surface area contributed by atoms with Crippen LogP contribution in [0.2, 0.25) is 0 Å². The lowest BCUT2D eigenvalue weighted by atomic mass is 9.68. The normalized spacial score (nSPS) is 22.7. The highest BCUT2D eigenvalue weighted by Crippen LogP contribution is 2.41. The van der Waals surface area contributed by atoms with Crippen molar-refractivity contribution in [2.45, 2.75) is 64.3 Å². The van der Waals surface area contributed by atoms with Gasteiger partial charge in [-0.3, -0.25) is 4.79 Å². The summed E-state index contributed by atoms with van der Waals surface area (Å²) in [5, 5.41) is 3.60. The van der Waals surface area contributed by atoms with Crippen molar-refractivity contribution in [2.75, 3.05) is 13.2 Å². The maximum atomic E-state index is 12.0. The second kappa shape index (κ2) is 7.34. The number of hydrogen-bond acceptors (Lipinski definition) is 3. The summed E-state index contributed by atoms with van der Waals surface area (Å²) in [5.74, 6) is 0.0227. The molecule has 2 aliphatic rings. The molecule has 0 unspecified atom stereocenters. The number of hydrogen-bond donors (Lipinski definition) is 1. The van der Waals surface area contributed by atoms with Crippen molar-refractivity contribution >= 4 is 18.4 Å². The summed E-state index contributed by atoms with van der Waals surface area (Å²) in [7, 11) is 0.